The van der Waals surface area contributed by atoms with E-state index in [0.717, 1.165) is 24.0 Å². The smallest absolute Gasteiger partial charge is 0.384 e. The second-order valence-corrected chi connectivity index (χ2v) is 4.81. The van der Waals surface area contributed by atoms with E-state index >= 15 is 0 Å². The summed E-state index contributed by atoms with van der Waals surface area (Å²) < 4.78 is 37.9. The SMILES string of the molecule is CCCSCCNc1ccccc1C(F)(F)F. The first-order chi connectivity index (χ1) is 8.05. The van der Waals surface area contributed by atoms with Crippen molar-refractivity contribution in [1.82, 2.24) is 0 Å². The Morgan fingerprint density at radius 3 is 2.53 bits per heavy atom. The number of hydrogen-bond donors (Lipinski definition) is 1. The number of thioether (sulfide) groups is 1. The number of nitrogens with one attached hydrogen (secondary N) is 1. The van der Waals surface area contributed by atoms with E-state index in [0.29, 0.717) is 6.54 Å². The van der Waals surface area contributed by atoms with E-state index in [1.165, 1.54) is 12.1 Å². The molecule has 1 aromatic carbocycles. The van der Waals surface area contributed by atoms with Crippen molar-refractivity contribution in [1.29, 1.82) is 0 Å². The second-order valence-electron chi connectivity index (χ2n) is 3.58. The van der Waals surface area contributed by atoms with Gasteiger partial charge in [-0.3, -0.25) is 0 Å². The Hall–Kier alpha value is -0.840. The summed E-state index contributed by atoms with van der Waals surface area (Å²) in [5, 5.41) is 2.84. The first kappa shape index (κ1) is 14.2. The van der Waals surface area contributed by atoms with E-state index in [-0.39, 0.29) is 5.69 Å². The van der Waals surface area contributed by atoms with Crippen LogP contribution in [0.2, 0.25) is 0 Å². The highest BCUT2D eigenvalue weighted by Gasteiger charge is 2.32. The van der Waals surface area contributed by atoms with Gasteiger partial charge in [0.1, 0.15) is 0 Å². The van der Waals surface area contributed by atoms with Gasteiger partial charge in [0.2, 0.25) is 0 Å². The minimum absolute atomic E-state index is 0.164. The molecule has 0 aliphatic carbocycles. The van der Waals surface area contributed by atoms with Crippen LogP contribution in [0.3, 0.4) is 0 Å². The average Bonchev–Trinajstić information content (AvgIpc) is 2.28. The molecule has 96 valence electrons. The zero-order valence-electron chi connectivity index (χ0n) is 9.68. The predicted octanol–water partition coefficient (Wildman–Crippen LogP) is 4.26. The van der Waals surface area contributed by atoms with Gasteiger partial charge in [0, 0.05) is 18.0 Å². The van der Waals surface area contributed by atoms with Gasteiger partial charge in [-0.25, -0.2) is 0 Å². The largest absolute Gasteiger partial charge is 0.418 e. The predicted molar refractivity (Wildman–Crippen MR) is 67.5 cm³/mol. The standard InChI is InChI=1S/C12H16F3NS/c1-2-8-17-9-7-16-11-6-4-3-5-10(11)12(13,14)15/h3-6,16H,2,7-9H2,1H3. The van der Waals surface area contributed by atoms with Crippen molar-refractivity contribution in [3.05, 3.63) is 29.8 Å². The number of rotatable bonds is 6. The van der Waals surface area contributed by atoms with Gasteiger partial charge >= 0.3 is 6.18 Å². The molecule has 0 unspecified atom stereocenters. The maximum atomic E-state index is 12.6. The lowest BCUT2D eigenvalue weighted by molar-refractivity contribution is -0.136. The first-order valence-electron chi connectivity index (χ1n) is 5.53. The molecular weight excluding hydrogens is 247 g/mol. The summed E-state index contributed by atoms with van der Waals surface area (Å²) in [6, 6.07) is 5.57. The molecule has 0 aliphatic heterocycles. The summed E-state index contributed by atoms with van der Waals surface area (Å²) >= 11 is 1.74. The van der Waals surface area contributed by atoms with Crippen LogP contribution in [-0.2, 0) is 6.18 Å². The molecule has 0 fully saturated rings. The van der Waals surface area contributed by atoms with Crippen LogP contribution in [-0.4, -0.2) is 18.1 Å². The molecule has 5 heteroatoms. The Morgan fingerprint density at radius 2 is 1.88 bits per heavy atom. The fourth-order valence-corrected chi connectivity index (χ4v) is 2.13. The van der Waals surface area contributed by atoms with Crippen LogP contribution in [0.4, 0.5) is 18.9 Å². The van der Waals surface area contributed by atoms with Crippen molar-refractivity contribution in [2.75, 3.05) is 23.4 Å². The molecule has 0 aromatic heterocycles. The quantitative estimate of drug-likeness (QED) is 0.770. The van der Waals surface area contributed by atoms with E-state index in [2.05, 4.69) is 12.2 Å². The van der Waals surface area contributed by atoms with Crippen LogP contribution in [0, 0.1) is 0 Å². The minimum Gasteiger partial charge on any atom is -0.384 e. The van der Waals surface area contributed by atoms with Crippen molar-refractivity contribution in [2.24, 2.45) is 0 Å². The van der Waals surface area contributed by atoms with Crippen molar-refractivity contribution in [2.45, 2.75) is 19.5 Å². The molecule has 0 spiro atoms. The molecule has 0 saturated heterocycles. The van der Waals surface area contributed by atoms with Gasteiger partial charge in [0.25, 0.3) is 0 Å². The first-order valence-corrected chi connectivity index (χ1v) is 6.69. The van der Waals surface area contributed by atoms with Gasteiger partial charge in [-0.1, -0.05) is 19.1 Å². The Labute approximate surface area is 104 Å². The molecule has 1 N–H and O–H groups in total. The summed E-state index contributed by atoms with van der Waals surface area (Å²) in [7, 11) is 0. The third-order valence-electron chi connectivity index (χ3n) is 2.14. The lowest BCUT2D eigenvalue weighted by Gasteiger charge is -2.14. The summed E-state index contributed by atoms with van der Waals surface area (Å²) in [5.41, 5.74) is -0.433. The van der Waals surface area contributed by atoms with E-state index in [1.807, 2.05) is 0 Å². The number of alkyl halides is 3. The molecule has 1 aromatic rings. The fourth-order valence-electron chi connectivity index (χ4n) is 1.39. The van der Waals surface area contributed by atoms with Crippen LogP contribution >= 0.6 is 11.8 Å². The Balaban J connectivity index is 2.53. The molecule has 17 heavy (non-hydrogen) atoms. The molecule has 0 bridgehead atoms. The van der Waals surface area contributed by atoms with Crippen molar-refractivity contribution >= 4 is 17.4 Å². The van der Waals surface area contributed by atoms with Crippen LogP contribution in [0.15, 0.2) is 24.3 Å². The van der Waals surface area contributed by atoms with Crippen LogP contribution in [0.25, 0.3) is 0 Å². The maximum Gasteiger partial charge on any atom is 0.418 e. The Morgan fingerprint density at radius 1 is 1.18 bits per heavy atom. The third-order valence-corrected chi connectivity index (χ3v) is 3.33. The van der Waals surface area contributed by atoms with Gasteiger partial charge in [0.15, 0.2) is 0 Å². The van der Waals surface area contributed by atoms with Gasteiger partial charge < -0.3 is 5.32 Å². The number of benzene rings is 1. The lowest BCUT2D eigenvalue weighted by atomic mass is 10.1. The van der Waals surface area contributed by atoms with Gasteiger partial charge in [-0.05, 0) is 24.3 Å². The molecule has 0 aliphatic rings. The average molecular weight is 263 g/mol. The Bertz CT molecular complexity index is 339. The lowest BCUT2D eigenvalue weighted by Crippen LogP contribution is -2.12. The summed E-state index contributed by atoms with van der Waals surface area (Å²) in [4.78, 5) is 0. The second kappa shape index (κ2) is 6.79. The molecule has 0 saturated carbocycles. The molecule has 1 nitrogen and oxygen atoms in total. The van der Waals surface area contributed by atoms with Crippen molar-refractivity contribution in [3.63, 3.8) is 0 Å². The molecule has 1 rings (SSSR count). The highest BCUT2D eigenvalue weighted by atomic mass is 32.2. The van der Waals surface area contributed by atoms with E-state index < -0.39 is 11.7 Å². The van der Waals surface area contributed by atoms with Crippen LogP contribution in [0.1, 0.15) is 18.9 Å². The molecule has 0 radical (unpaired) electrons. The van der Waals surface area contributed by atoms with Gasteiger partial charge in [-0.2, -0.15) is 24.9 Å². The minimum atomic E-state index is -4.29. The number of halogens is 3. The zero-order valence-corrected chi connectivity index (χ0v) is 10.5. The molecule has 0 atom stereocenters. The van der Waals surface area contributed by atoms with Crippen LogP contribution in [0.5, 0.6) is 0 Å². The summed E-state index contributed by atoms with van der Waals surface area (Å²) in [6.45, 7) is 2.64. The number of anilines is 1. The van der Waals surface area contributed by atoms with Gasteiger partial charge in [-0.15, -0.1) is 0 Å². The molecule has 0 amide bonds. The van der Waals surface area contributed by atoms with E-state index in [9.17, 15) is 13.2 Å². The number of hydrogen-bond acceptors (Lipinski definition) is 2. The summed E-state index contributed by atoms with van der Waals surface area (Å²) in [6.07, 6.45) is -3.20. The normalized spacial score (nSPS) is 11.5. The van der Waals surface area contributed by atoms with Crippen molar-refractivity contribution in [3.8, 4) is 0 Å². The monoisotopic (exact) mass is 263 g/mol. The topological polar surface area (TPSA) is 12.0 Å². The molecular formula is C12H16F3NS. The highest BCUT2D eigenvalue weighted by molar-refractivity contribution is 7.99. The highest BCUT2D eigenvalue weighted by Crippen LogP contribution is 2.34. The number of para-hydroxylation sites is 1. The third kappa shape index (κ3) is 4.89. The van der Waals surface area contributed by atoms with E-state index in [1.54, 1.807) is 17.8 Å². The van der Waals surface area contributed by atoms with Crippen molar-refractivity contribution < 1.29 is 13.2 Å². The van der Waals surface area contributed by atoms with E-state index in [4.69, 9.17) is 0 Å². The maximum absolute atomic E-state index is 12.6. The van der Waals surface area contributed by atoms with Gasteiger partial charge in [0.05, 0.1) is 5.56 Å². The summed E-state index contributed by atoms with van der Waals surface area (Å²) in [5.74, 6) is 1.86. The Kier molecular flexibility index (Phi) is 5.68. The fraction of sp³-hybridized carbons (Fsp3) is 0.500. The zero-order chi connectivity index (χ0) is 12.7. The van der Waals surface area contributed by atoms with Crippen LogP contribution < -0.4 is 5.32 Å². The molecule has 0 heterocycles.